The summed E-state index contributed by atoms with van der Waals surface area (Å²) in [6.45, 7) is 9.23. The van der Waals surface area contributed by atoms with E-state index in [0.29, 0.717) is 44.5 Å². The van der Waals surface area contributed by atoms with Gasteiger partial charge in [-0.2, -0.15) is 0 Å². The summed E-state index contributed by atoms with van der Waals surface area (Å²) in [6, 6.07) is 21.9. The number of ether oxygens (including phenoxy) is 4. The molecule has 0 saturated carbocycles. The molecule has 2 aliphatic rings. The number of nitrogens with zero attached hydrogens (tertiary/aromatic N) is 1. The van der Waals surface area contributed by atoms with Gasteiger partial charge >= 0.3 is 0 Å². The molecule has 260 valence electrons. The number of benzene rings is 3. The van der Waals surface area contributed by atoms with Crippen LogP contribution in [0.2, 0.25) is 0 Å². The summed E-state index contributed by atoms with van der Waals surface area (Å²) in [4.78, 5) is 15.6. The molecule has 0 bridgehead atoms. The zero-order valence-electron chi connectivity index (χ0n) is 28.6. The SMILES string of the molecule is CCOC(CCc1ccc(N2C(=O)[C@H](CC[C@H](O)c3ccc(F)cc3)[C@H]2c2ccc(CCC3(O)COC(C)(C)OC3)cc2)cc1)OCC. The average Bonchev–Trinajstić information content (AvgIpc) is 3.08. The molecule has 2 saturated heterocycles. The smallest absolute Gasteiger partial charge is 0.233 e. The van der Waals surface area contributed by atoms with Gasteiger partial charge in [-0.05, 0) is 106 Å². The Balaban J connectivity index is 1.28. The van der Waals surface area contributed by atoms with Crippen LogP contribution in [-0.2, 0) is 36.6 Å². The molecule has 3 atom stereocenters. The van der Waals surface area contributed by atoms with Gasteiger partial charge in [-0.3, -0.25) is 4.79 Å². The van der Waals surface area contributed by atoms with Crippen LogP contribution in [0, 0.1) is 11.7 Å². The van der Waals surface area contributed by atoms with Crippen LogP contribution in [0.15, 0.2) is 72.8 Å². The molecule has 0 aromatic heterocycles. The van der Waals surface area contributed by atoms with E-state index in [1.54, 1.807) is 12.1 Å². The molecular weight excluding hydrogens is 613 g/mol. The Bertz CT molecular complexity index is 1450. The van der Waals surface area contributed by atoms with Gasteiger partial charge in [0.15, 0.2) is 12.1 Å². The number of halogens is 1. The first-order valence-electron chi connectivity index (χ1n) is 17.2. The van der Waals surface area contributed by atoms with Gasteiger partial charge in [0.2, 0.25) is 5.91 Å². The first kappa shape index (κ1) is 36.1. The van der Waals surface area contributed by atoms with Crippen molar-refractivity contribution in [2.75, 3.05) is 31.3 Å². The van der Waals surface area contributed by atoms with E-state index >= 15 is 0 Å². The topological polar surface area (TPSA) is 97.7 Å². The van der Waals surface area contributed by atoms with E-state index < -0.39 is 17.5 Å². The lowest BCUT2D eigenvalue weighted by Gasteiger charge is -2.48. The van der Waals surface area contributed by atoms with Gasteiger partial charge in [0.1, 0.15) is 11.4 Å². The highest BCUT2D eigenvalue weighted by Crippen LogP contribution is 2.46. The summed E-state index contributed by atoms with van der Waals surface area (Å²) in [5, 5.41) is 21.8. The predicted molar refractivity (Wildman–Crippen MR) is 182 cm³/mol. The maximum Gasteiger partial charge on any atom is 0.233 e. The van der Waals surface area contributed by atoms with Crippen LogP contribution in [0.1, 0.15) is 87.8 Å². The minimum absolute atomic E-state index is 0.0123. The highest BCUT2D eigenvalue weighted by Gasteiger charge is 2.48. The zero-order chi connectivity index (χ0) is 34.3. The highest BCUT2D eigenvalue weighted by atomic mass is 19.1. The van der Waals surface area contributed by atoms with Crippen LogP contribution in [0.25, 0.3) is 0 Å². The van der Waals surface area contributed by atoms with Crippen molar-refractivity contribution in [3.8, 4) is 0 Å². The molecule has 5 rings (SSSR count). The summed E-state index contributed by atoms with van der Waals surface area (Å²) < 4.78 is 36.2. The highest BCUT2D eigenvalue weighted by molar-refractivity contribution is 6.03. The number of aliphatic hydroxyl groups excluding tert-OH is 1. The summed E-state index contributed by atoms with van der Waals surface area (Å²) >= 11 is 0. The summed E-state index contributed by atoms with van der Waals surface area (Å²) in [7, 11) is 0. The Morgan fingerprint density at radius 1 is 0.875 bits per heavy atom. The number of aryl methyl sites for hydroxylation is 2. The number of hydrogen-bond acceptors (Lipinski definition) is 7. The molecule has 0 unspecified atom stereocenters. The summed E-state index contributed by atoms with van der Waals surface area (Å²) in [5.41, 5.74) is 3.62. The lowest BCUT2D eigenvalue weighted by Crippen LogP contribution is -2.55. The number of anilines is 1. The fourth-order valence-corrected chi connectivity index (χ4v) is 6.48. The van der Waals surface area contributed by atoms with Crippen molar-refractivity contribution in [3.05, 3.63) is 101 Å². The van der Waals surface area contributed by atoms with E-state index in [2.05, 4.69) is 24.3 Å². The lowest BCUT2D eigenvalue weighted by atomic mass is 9.78. The molecule has 0 spiro atoms. The molecule has 9 heteroatoms. The lowest BCUT2D eigenvalue weighted by molar-refractivity contribution is -0.302. The molecule has 2 fully saturated rings. The molecule has 0 aliphatic carbocycles. The summed E-state index contributed by atoms with van der Waals surface area (Å²) in [5.74, 6) is -1.35. The Morgan fingerprint density at radius 3 is 2.06 bits per heavy atom. The number of hydrogen-bond donors (Lipinski definition) is 2. The Kier molecular flexibility index (Phi) is 12.1. The molecule has 2 heterocycles. The third-order valence-electron chi connectivity index (χ3n) is 9.39. The van der Waals surface area contributed by atoms with Gasteiger partial charge in [0.25, 0.3) is 0 Å². The summed E-state index contributed by atoms with van der Waals surface area (Å²) in [6.07, 6.45) is 2.51. The normalized spacial score (nSPS) is 20.9. The first-order valence-corrected chi connectivity index (χ1v) is 17.2. The van der Waals surface area contributed by atoms with E-state index in [1.165, 1.54) is 12.1 Å². The van der Waals surface area contributed by atoms with E-state index in [-0.39, 0.29) is 43.2 Å². The number of rotatable bonds is 16. The molecule has 3 aromatic rings. The maximum absolute atomic E-state index is 13.7. The van der Waals surface area contributed by atoms with Crippen molar-refractivity contribution in [1.82, 2.24) is 0 Å². The van der Waals surface area contributed by atoms with Crippen LogP contribution in [-0.4, -0.2) is 60.2 Å². The van der Waals surface area contributed by atoms with Crippen LogP contribution < -0.4 is 4.90 Å². The Labute approximate surface area is 283 Å². The third kappa shape index (κ3) is 9.08. The van der Waals surface area contributed by atoms with Gasteiger partial charge < -0.3 is 34.1 Å². The monoisotopic (exact) mass is 663 g/mol. The van der Waals surface area contributed by atoms with Gasteiger partial charge in [-0.15, -0.1) is 0 Å². The number of carbonyl (C=O) groups excluding carboxylic acids is 1. The molecular formula is C39H50FNO7. The second kappa shape index (κ2) is 16.0. The van der Waals surface area contributed by atoms with Gasteiger partial charge in [0, 0.05) is 25.3 Å². The largest absolute Gasteiger partial charge is 0.388 e. The average molecular weight is 664 g/mol. The van der Waals surface area contributed by atoms with Gasteiger partial charge in [-0.1, -0.05) is 48.5 Å². The van der Waals surface area contributed by atoms with Gasteiger partial charge in [-0.25, -0.2) is 4.39 Å². The second-order valence-corrected chi connectivity index (χ2v) is 13.4. The van der Waals surface area contributed by atoms with E-state index in [9.17, 15) is 19.4 Å². The minimum atomic E-state index is -1.04. The van der Waals surface area contributed by atoms with Gasteiger partial charge in [0.05, 0.1) is 31.3 Å². The van der Waals surface area contributed by atoms with Crippen LogP contribution in [0.3, 0.4) is 0 Å². The number of aliphatic hydroxyl groups is 2. The van der Waals surface area contributed by atoms with Crippen molar-refractivity contribution in [2.45, 2.75) is 96.0 Å². The molecule has 1 amide bonds. The predicted octanol–water partition coefficient (Wildman–Crippen LogP) is 6.82. The molecule has 48 heavy (non-hydrogen) atoms. The van der Waals surface area contributed by atoms with Crippen molar-refractivity contribution < 1.29 is 38.3 Å². The van der Waals surface area contributed by atoms with Crippen molar-refractivity contribution in [2.24, 2.45) is 5.92 Å². The fraction of sp³-hybridized carbons (Fsp3) is 0.513. The van der Waals surface area contributed by atoms with Crippen molar-refractivity contribution >= 4 is 11.6 Å². The number of carbonyl (C=O) groups is 1. The molecule has 3 aromatic carbocycles. The standard InChI is InChI=1S/C39H50FNO7/c1-5-45-35(46-6-2)22-11-27-9-18-32(19-10-27)41-36(33(37(41)43)20-21-34(42)29-14-16-31(40)17-15-29)30-12-7-28(8-13-30)23-24-39(44)25-47-38(3,4)48-26-39/h7-10,12-19,33-36,42,44H,5-6,11,20-26H2,1-4H3/t33-,34+,36-/m1/s1. The Morgan fingerprint density at radius 2 is 1.46 bits per heavy atom. The van der Waals surface area contributed by atoms with Crippen LogP contribution >= 0.6 is 0 Å². The molecule has 2 N–H and O–H groups in total. The van der Waals surface area contributed by atoms with E-state index in [4.69, 9.17) is 18.9 Å². The molecule has 0 radical (unpaired) electrons. The fourth-order valence-electron chi connectivity index (χ4n) is 6.48. The Hall–Kier alpha value is -3.18. The van der Waals surface area contributed by atoms with E-state index in [0.717, 1.165) is 35.2 Å². The zero-order valence-corrected chi connectivity index (χ0v) is 28.6. The minimum Gasteiger partial charge on any atom is -0.388 e. The number of β-lactam (4-membered cyclic amide) rings is 1. The number of amides is 1. The quantitative estimate of drug-likeness (QED) is 0.128. The molecule has 2 aliphatic heterocycles. The van der Waals surface area contributed by atoms with Crippen molar-refractivity contribution in [3.63, 3.8) is 0 Å². The van der Waals surface area contributed by atoms with Crippen molar-refractivity contribution in [1.29, 1.82) is 0 Å². The maximum atomic E-state index is 13.7. The molecule has 8 nitrogen and oxygen atoms in total. The van der Waals surface area contributed by atoms with Crippen LogP contribution in [0.5, 0.6) is 0 Å². The third-order valence-corrected chi connectivity index (χ3v) is 9.39. The van der Waals surface area contributed by atoms with E-state index in [1.807, 2.05) is 56.9 Å². The second-order valence-electron chi connectivity index (χ2n) is 13.4. The van der Waals surface area contributed by atoms with Crippen LogP contribution in [0.4, 0.5) is 10.1 Å². The first-order chi connectivity index (χ1) is 23.0.